The molecule has 0 aliphatic heterocycles. The number of hydrogen-bond acceptors (Lipinski definition) is 3. The van der Waals surface area contributed by atoms with Gasteiger partial charge in [-0.25, -0.2) is 5.43 Å². The molecule has 5 nitrogen and oxygen atoms in total. The van der Waals surface area contributed by atoms with Gasteiger partial charge in [-0.2, -0.15) is 35.8 Å². The molecule has 0 spiro atoms. The number of carbonyl (C=O) groups is 2. The van der Waals surface area contributed by atoms with Gasteiger partial charge in [-0.3, -0.25) is 9.59 Å². The number of benzene rings is 2. The quantitative estimate of drug-likeness (QED) is 0.283. The second-order valence-electron chi connectivity index (χ2n) is 6.44. The van der Waals surface area contributed by atoms with Gasteiger partial charge in [0.2, 0.25) is 0 Å². The van der Waals surface area contributed by atoms with E-state index in [1.54, 1.807) is 0 Å². The molecule has 178 valence electrons. The van der Waals surface area contributed by atoms with E-state index in [-0.39, 0.29) is 26.9 Å². The van der Waals surface area contributed by atoms with Crippen molar-refractivity contribution in [2.75, 3.05) is 5.32 Å². The maximum Gasteiger partial charge on any atom is 0.460 e. The van der Waals surface area contributed by atoms with Gasteiger partial charge >= 0.3 is 23.9 Å². The topological polar surface area (TPSA) is 70.6 Å². The van der Waals surface area contributed by atoms with E-state index in [1.807, 2.05) is 0 Å². The standard InChI is InChI=1S/C19H12Cl2F7N3O2/c1-9(30-31-15(32)13-8-11(20)5-6-14(13)21)10-3-2-4-12(7-10)29-16(33)17(22,23)18(24,25)19(26,27)28/h2-8H,1H3,(H,29,33)(H,31,32)/b30-9-. The van der Waals surface area contributed by atoms with Gasteiger partial charge in [-0.15, -0.1) is 0 Å². The van der Waals surface area contributed by atoms with Gasteiger partial charge in [0.25, 0.3) is 5.91 Å². The van der Waals surface area contributed by atoms with Gasteiger partial charge in [0.05, 0.1) is 16.3 Å². The lowest BCUT2D eigenvalue weighted by molar-refractivity contribution is -0.343. The largest absolute Gasteiger partial charge is 0.460 e. The van der Waals surface area contributed by atoms with Crippen LogP contribution in [0.5, 0.6) is 0 Å². The first kappa shape index (κ1) is 26.4. The van der Waals surface area contributed by atoms with Gasteiger partial charge in [-0.05, 0) is 42.8 Å². The first-order valence-electron chi connectivity index (χ1n) is 8.62. The zero-order valence-electron chi connectivity index (χ0n) is 16.2. The van der Waals surface area contributed by atoms with Crippen LogP contribution in [0, 0.1) is 0 Å². The zero-order chi connectivity index (χ0) is 25.2. The Kier molecular flexibility index (Phi) is 7.64. The molecule has 0 saturated heterocycles. The summed E-state index contributed by atoms with van der Waals surface area (Å²) in [5.41, 5.74) is 1.80. The Hall–Kier alpha value is -2.86. The zero-order valence-corrected chi connectivity index (χ0v) is 17.7. The van der Waals surface area contributed by atoms with Crippen LogP contribution < -0.4 is 10.7 Å². The van der Waals surface area contributed by atoms with Crippen LogP contribution in [0.1, 0.15) is 22.8 Å². The molecule has 0 saturated carbocycles. The molecule has 2 aromatic rings. The maximum absolute atomic E-state index is 13.5. The molecule has 0 fully saturated rings. The van der Waals surface area contributed by atoms with Crippen molar-refractivity contribution in [3.63, 3.8) is 0 Å². The highest BCUT2D eigenvalue weighted by molar-refractivity contribution is 6.35. The second kappa shape index (κ2) is 9.56. The van der Waals surface area contributed by atoms with E-state index in [1.165, 1.54) is 42.6 Å². The van der Waals surface area contributed by atoms with Gasteiger partial charge in [0.15, 0.2) is 0 Å². The van der Waals surface area contributed by atoms with Crippen LogP contribution in [0.2, 0.25) is 10.0 Å². The van der Waals surface area contributed by atoms with Crippen LogP contribution in [0.4, 0.5) is 36.4 Å². The fourth-order valence-corrected chi connectivity index (χ4v) is 2.66. The van der Waals surface area contributed by atoms with E-state index in [2.05, 4.69) is 10.5 Å². The second-order valence-corrected chi connectivity index (χ2v) is 7.29. The number of hydrazone groups is 1. The number of rotatable bonds is 6. The molecule has 0 aromatic heterocycles. The highest BCUT2D eigenvalue weighted by Crippen LogP contribution is 2.46. The Morgan fingerprint density at radius 1 is 0.939 bits per heavy atom. The van der Waals surface area contributed by atoms with Crippen LogP contribution >= 0.6 is 23.2 Å². The Morgan fingerprint density at radius 3 is 2.18 bits per heavy atom. The molecular formula is C19H12Cl2F7N3O2. The summed E-state index contributed by atoms with van der Waals surface area (Å²) in [5, 5.41) is 5.38. The number of nitrogens with one attached hydrogen (secondary N) is 2. The Morgan fingerprint density at radius 2 is 1.58 bits per heavy atom. The number of amides is 2. The lowest BCUT2D eigenvalue weighted by Crippen LogP contribution is -2.57. The molecule has 0 aliphatic carbocycles. The van der Waals surface area contributed by atoms with Crippen molar-refractivity contribution < 1.29 is 40.3 Å². The normalized spacial score (nSPS) is 13.0. The molecular weight excluding hydrogens is 506 g/mol. The summed E-state index contributed by atoms with van der Waals surface area (Å²) in [7, 11) is 0. The monoisotopic (exact) mass is 517 g/mol. The smallest absolute Gasteiger partial charge is 0.321 e. The third kappa shape index (κ3) is 5.74. The highest BCUT2D eigenvalue weighted by Gasteiger charge is 2.76. The molecule has 0 heterocycles. The highest BCUT2D eigenvalue weighted by atomic mass is 35.5. The number of anilines is 1. The predicted octanol–water partition coefficient (Wildman–Crippen LogP) is 5.92. The number of hydrogen-bond donors (Lipinski definition) is 2. The predicted molar refractivity (Wildman–Crippen MR) is 107 cm³/mol. The summed E-state index contributed by atoms with van der Waals surface area (Å²) in [6, 6.07) is 8.56. The van der Waals surface area contributed by atoms with Gasteiger partial charge in [0.1, 0.15) is 0 Å². The van der Waals surface area contributed by atoms with Crippen LogP contribution in [0.25, 0.3) is 0 Å². The molecule has 14 heteroatoms. The minimum atomic E-state index is -6.65. The Labute approximate surface area is 191 Å². The summed E-state index contributed by atoms with van der Waals surface area (Å²) >= 11 is 11.7. The molecule has 2 rings (SSSR count). The number of alkyl halides is 7. The molecule has 33 heavy (non-hydrogen) atoms. The summed E-state index contributed by atoms with van der Waals surface area (Å²) in [4.78, 5) is 23.7. The molecule has 2 amide bonds. The van der Waals surface area contributed by atoms with E-state index in [9.17, 15) is 40.3 Å². The first-order chi connectivity index (χ1) is 15.1. The molecule has 0 radical (unpaired) electrons. The fourth-order valence-electron chi connectivity index (χ4n) is 2.28. The minimum Gasteiger partial charge on any atom is -0.321 e. The van der Waals surface area contributed by atoms with Crippen LogP contribution in [-0.4, -0.2) is 35.5 Å². The minimum absolute atomic E-state index is 0.00504. The van der Waals surface area contributed by atoms with Crippen molar-refractivity contribution in [3.05, 3.63) is 63.6 Å². The summed E-state index contributed by atoms with van der Waals surface area (Å²) in [6.07, 6.45) is -6.65. The molecule has 0 atom stereocenters. The third-order valence-corrected chi connectivity index (χ3v) is 4.64. The first-order valence-corrected chi connectivity index (χ1v) is 9.37. The summed E-state index contributed by atoms with van der Waals surface area (Å²) < 4.78 is 89.8. The molecule has 0 bridgehead atoms. The van der Waals surface area contributed by atoms with Crippen LogP contribution in [0.3, 0.4) is 0 Å². The molecule has 2 aromatic carbocycles. The number of nitrogens with zero attached hydrogens (tertiary/aromatic N) is 1. The molecule has 0 unspecified atom stereocenters. The van der Waals surface area contributed by atoms with Crippen LogP contribution in [-0.2, 0) is 4.79 Å². The van der Waals surface area contributed by atoms with Crippen molar-refractivity contribution in [2.24, 2.45) is 5.10 Å². The molecule has 2 N–H and O–H groups in total. The van der Waals surface area contributed by atoms with E-state index < -0.39 is 35.5 Å². The molecule has 0 aliphatic rings. The summed E-state index contributed by atoms with van der Waals surface area (Å²) in [6.45, 7) is 1.35. The van der Waals surface area contributed by atoms with Gasteiger partial charge in [0, 0.05) is 10.7 Å². The van der Waals surface area contributed by atoms with E-state index >= 15 is 0 Å². The van der Waals surface area contributed by atoms with Crippen molar-refractivity contribution >= 4 is 46.4 Å². The van der Waals surface area contributed by atoms with Gasteiger partial charge in [-0.1, -0.05) is 35.3 Å². The van der Waals surface area contributed by atoms with E-state index in [4.69, 9.17) is 23.2 Å². The summed E-state index contributed by atoms with van der Waals surface area (Å²) in [5.74, 6) is -16.3. The lowest BCUT2D eigenvalue weighted by Gasteiger charge is -2.27. The van der Waals surface area contributed by atoms with Crippen molar-refractivity contribution in [2.45, 2.75) is 24.9 Å². The average molecular weight is 518 g/mol. The van der Waals surface area contributed by atoms with Crippen molar-refractivity contribution in [1.82, 2.24) is 5.43 Å². The van der Waals surface area contributed by atoms with Crippen LogP contribution in [0.15, 0.2) is 47.6 Å². The number of halogens is 9. The number of carbonyl (C=O) groups excluding carboxylic acids is 2. The Bertz CT molecular complexity index is 1110. The van der Waals surface area contributed by atoms with Crippen molar-refractivity contribution in [3.8, 4) is 0 Å². The lowest BCUT2D eigenvalue weighted by atomic mass is 10.1. The van der Waals surface area contributed by atoms with E-state index in [0.717, 1.165) is 12.1 Å². The fraction of sp³-hybridized carbons (Fsp3) is 0.211. The maximum atomic E-state index is 13.5. The van der Waals surface area contributed by atoms with Gasteiger partial charge < -0.3 is 5.32 Å². The third-order valence-electron chi connectivity index (χ3n) is 4.07. The van der Waals surface area contributed by atoms with E-state index in [0.29, 0.717) is 0 Å². The SMILES string of the molecule is C/C(=N/NC(=O)c1cc(Cl)ccc1Cl)c1cccc(NC(=O)C(F)(F)C(F)(F)C(F)(F)F)c1. The Balaban J connectivity index is 2.19. The van der Waals surface area contributed by atoms with Crippen molar-refractivity contribution in [1.29, 1.82) is 0 Å². The average Bonchev–Trinajstić information content (AvgIpc) is 2.72.